The summed E-state index contributed by atoms with van der Waals surface area (Å²) in [6.45, 7) is 7.21. The number of hydrogen-bond acceptors (Lipinski definition) is 5. The van der Waals surface area contributed by atoms with Crippen LogP contribution in [0.25, 0.3) is 10.2 Å². The highest BCUT2D eigenvalue weighted by atomic mass is 32.1. The average molecular weight is 336 g/mol. The second-order valence-electron chi connectivity index (χ2n) is 5.73. The zero-order valence-corrected chi connectivity index (χ0v) is 14.4. The summed E-state index contributed by atoms with van der Waals surface area (Å²) in [5.74, 6) is -0.782. The van der Waals surface area contributed by atoms with Gasteiger partial charge in [-0.05, 0) is 18.9 Å². The molecule has 4 N–H and O–H groups in total. The Hall–Kier alpha value is -2.22. The summed E-state index contributed by atoms with van der Waals surface area (Å²) in [6, 6.07) is -0.770. The Balaban J connectivity index is 2.95. The number of nitrogens with zero attached hydrogens (tertiary/aromatic N) is 2. The van der Waals surface area contributed by atoms with Crippen molar-refractivity contribution in [2.75, 3.05) is 0 Å². The molecule has 2 amide bonds. The second-order valence-corrected chi connectivity index (χ2v) is 6.73. The minimum atomic E-state index is -0.770. The first-order valence-corrected chi connectivity index (χ1v) is 8.16. The summed E-state index contributed by atoms with van der Waals surface area (Å²) in [7, 11) is 0. The van der Waals surface area contributed by atoms with Gasteiger partial charge in [-0.25, -0.2) is 4.98 Å². The fourth-order valence-electron chi connectivity index (χ4n) is 2.67. The zero-order valence-electron chi connectivity index (χ0n) is 13.5. The predicted molar refractivity (Wildman–Crippen MR) is 89.7 cm³/mol. The van der Waals surface area contributed by atoms with Gasteiger partial charge in [-0.1, -0.05) is 20.8 Å². The maximum atomic E-state index is 13.0. The zero-order chi connectivity index (χ0) is 17.5. The molecular formula is C15H20N4O3S. The highest BCUT2D eigenvalue weighted by Crippen LogP contribution is 2.29. The fraction of sp³-hybridized carbons (Fsp3) is 0.467. The van der Waals surface area contributed by atoms with Crippen molar-refractivity contribution in [1.82, 2.24) is 9.55 Å². The van der Waals surface area contributed by atoms with Crippen molar-refractivity contribution < 1.29 is 9.59 Å². The molecule has 2 aromatic rings. The SMILES string of the molecule is CCC(C(N)=O)n1c(C(C)C)nc2sc(C(N)=O)c(C)c2c1=O. The van der Waals surface area contributed by atoms with E-state index in [4.69, 9.17) is 11.5 Å². The van der Waals surface area contributed by atoms with E-state index in [1.165, 1.54) is 4.57 Å². The predicted octanol–water partition coefficient (Wildman–Crippen LogP) is 1.43. The molecule has 1 atom stereocenters. The van der Waals surface area contributed by atoms with Crippen molar-refractivity contribution in [2.45, 2.75) is 46.1 Å². The Bertz CT molecular complexity index is 851. The van der Waals surface area contributed by atoms with Gasteiger partial charge < -0.3 is 11.5 Å². The molecular weight excluding hydrogens is 316 g/mol. The molecule has 0 spiro atoms. The topological polar surface area (TPSA) is 121 Å². The quantitative estimate of drug-likeness (QED) is 0.857. The first-order chi connectivity index (χ1) is 10.7. The Morgan fingerprint density at radius 2 is 1.91 bits per heavy atom. The molecule has 0 fully saturated rings. The van der Waals surface area contributed by atoms with Crippen LogP contribution in [0.4, 0.5) is 0 Å². The molecule has 0 saturated carbocycles. The van der Waals surface area contributed by atoms with Crippen LogP contribution >= 0.6 is 11.3 Å². The number of hydrogen-bond donors (Lipinski definition) is 2. The first kappa shape index (κ1) is 17.1. The van der Waals surface area contributed by atoms with Crippen molar-refractivity contribution in [3.05, 3.63) is 26.6 Å². The summed E-state index contributed by atoms with van der Waals surface area (Å²) < 4.78 is 1.36. The van der Waals surface area contributed by atoms with Gasteiger partial charge in [0.1, 0.15) is 16.7 Å². The number of thiophene rings is 1. The number of carbonyl (C=O) groups is 2. The highest BCUT2D eigenvalue weighted by molar-refractivity contribution is 7.20. The van der Waals surface area contributed by atoms with Crippen LogP contribution in [0.15, 0.2) is 4.79 Å². The largest absolute Gasteiger partial charge is 0.368 e. The van der Waals surface area contributed by atoms with E-state index in [0.29, 0.717) is 32.9 Å². The lowest BCUT2D eigenvalue weighted by atomic mass is 10.1. The van der Waals surface area contributed by atoms with Gasteiger partial charge in [0.2, 0.25) is 5.91 Å². The molecule has 0 bridgehead atoms. The lowest BCUT2D eigenvalue weighted by Crippen LogP contribution is -2.36. The molecule has 2 heterocycles. The van der Waals surface area contributed by atoms with Gasteiger partial charge in [0.05, 0.1) is 10.3 Å². The highest BCUT2D eigenvalue weighted by Gasteiger charge is 2.26. The maximum absolute atomic E-state index is 13.0. The van der Waals surface area contributed by atoms with Gasteiger partial charge in [0, 0.05) is 5.92 Å². The molecule has 0 radical (unpaired) electrons. The normalized spacial score (nSPS) is 12.7. The van der Waals surface area contributed by atoms with E-state index in [1.54, 1.807) is 13.8 Å². The molecule has 0 aromatic carbocycles. The van der Waals surface area contributed by atoms with Gasteiger partial charge in [-0.15, -0.1) is 11.3 Å². The summed E-state index contributed by atoms with van der Waals surface area (Å²) in [5.41, 5.74) is 11.0. The van der Waals surface area contributed by atoms with E-state index in [-0.39, 0.29) is 11.5 Å². The minimum absolute atomic E-state index is 0.0834. The van der Waals surface area contributed by atoms with Crippen LogP contribution in [0.3, 0.4) is 0 Å². The average Bonchev–Trinajstić information content (AvgIpc) is 2.78. The van der Waals surface area contributed by atoms with E-state index in [0.717, 1.165) is 11.3 Å². The summed E-state index contributed by atoms with van der Waals surface area (Å²) in [5, 5.41) is 0.327. The number of carbonyl (C=O) groups excluding carboxylic acids is 2. The molecule has 0 aliphatic rings. The van der Waals surface area contributed by atoms with E-state index in [2.05, 4.69) is 4.98 Å². The van der Waals surface area contributed by atoms with Crippen LogP contribution in [0.2, 0.25) is 0 Å². The van der Waals surface area contributed by atoms with E-state index < -0.39 is 17.9 Å². The molecule has 7 nitrogen and oxygen atoms in total. The first-order valence-electron chi connectivity index (χ1n) is 7.35. The van der Waals surface area contributed by atoms with Crippen molar-refractivity contribution in [2.24, 2.45) is 11.5 Å². The Kier molecular flexibility index (Phi) is 4.56. The lowest BCUT2D eigenvalue weighted by Gasteiger charge is -2.20. The molecule has 0 saturated heterocycles. The summed E-state index contributed by atoms with van der Waals surface area (Å²) in [6.07, 6.45) is 0.383. The van der Waals surface area contributed by atoms with Gasteiger partial charge in [0.25, 0.3) is 11.5 Å². The Morgan fingerprint density at radius 3 is 2.35 bits per heavy atom. The van der Waals surface area contributed by atoms with Crippen LogP contribution in [0.1, 0.15) is 60.2 Å². The minimum Gasteiger partial charge on any atom is -0.368 e. The van der Waals surface area contributed by atoms with Crippen molar-refractivity contribution >= 4 is 33.4 Å². The van der Waals surface area contributed by atoms with Gasteiger partial charge in [0.15, 0.2) is 0 Å². The molecule has 124 valence electrons. The molecule has 2 aromatic heterocycles. The van der Waals surface area contributed by atoms with Crippen molar-refractivity contribution in [1.29, 1.82) is 0 Å². The van der Waals surface area contributed by atoms with Crippen molar-refractivity contribution in [3.8, 4) is 0 Å². The Labute approximate surface area is 137 Å². The third kappa shape index (κ3) is 2.74. The van der Waals surface area contributed by atoms with E-state index in [9.17, 15) is 14.4 Å². The number of primary amides is 2. The maximum Gasteiger partial charge on any atom is 0.263 e. The number of fused-ring (bicyclic) bond motifs is 1. The molecule has 8 heteroatoms. The summed E-state index contributed by atoms with van der Waals surface area (Å²) in [4.78, 5) is 41.6. The number of aryl methyl sites for hydroxylation is 1. The second kappa shape index (κ2) is 6.11. The molecule has 2 rings (SSSR count). The van der Waals surface area contributed by atoms with Crippen LogP contribution in [-0.4, -0.2) is 21.4 Å². The monoisotopic (exact) mass is 336 g/mol. The van der Waals surface area contributed by atoms with Crippen molar-refractivity contribution in [3.63, 3.8) is 0 Å². The van der Waals surface area contributed by atoms with Gasteiger partial charge in [-0.2, -0.15) is 0 Å². The van der Waals surface area contributed by atoms with Gasteiger partial charge in [-0.3, -0.25) is 19.0 Å². The Morgan fingerprint density at radius 1 is 1.30 bits per heavy atom. The molecule has 0 aliphatic carbocycles. The third-order valence-electron chi connectivity index (χ3n) is 3.79. The van der Waals surface area contributed by atoms with Gasteiger partial charge >= 0.3 is 0 Å². The summed E-state index contributed by atoms with van der Waals surface area (Å²) >= 11 is 1.10. The lowest BCUT2D eigenvalue weighted by molar-refractivity contribution is -0.121. The number of rotatable bonds is 5. The third-order valence-corrected chi connectivity index (χ3v) is 4.99. The van der Waals surface area contributed by atoms with Crippen LogP contribution in [0.5, 0.6) is 0 Å². The number of nitrogens with two attached hydrogens (primary N) is 2. The van der Waals surface area contributed by atoms with E-state index >= 15 is 0 Å². The van der Waals surface area contributed by atoms with Crippen LogP contribution < -0.4 is 17.0 Å². The molecule has 23 heavy (non-hydrogen) atoms. The van der Waals surface area contributed by atoms with Crippen LogP contribution in [-0.2, 0) is 4.79 Å². The van der Waals surface area contributed by atoms with Crippen LogP contribution in [0, 0.1) is 6.92 Å². The smallest absolute Gasteiger partial charge is 0.263 e. The van der Waals surface area contributed by atoms with E-state index in [1.807, 2.05) is 13.8 Å². The fourth-order valence-corrected chi connectivity index (χ4v) is 3.70. The molecule has 1 unspecified atom stereocenters. The standard InChI is InChI=1S/C15H20N4O3S/c1-5-8(11(16)20)19-13(6(2)3)18-14-9(15(19)22)7(4)10(23-14)12(17)21/h6,8H,5H2,1-4H3,(H2,16,20)(H2,17,21). The molecule has 0 aliphatic heterocycles. The number of amides is 2. The number of aromatic nitrogens is 2.